The van der Waals surface area contributed by atoms with Gasteiger partial charge in [-0.25, -0.2) is 4.98 Å². The Bertz CT molecular complexity index is 708. The molecule has 3 rings (SSSR count). The van der Waals surface area contributed by atoms with Crippen molar-refractivity contribution in [2.24, 2.45) is 0 Å². The summed E-state index contributed by atoms with van der Waals surface area (Å²) in [5, 5.41) is 0. The van der Waals surface area contributed by atoms with E-state index < -0.39 is 0 Å². The molecule has 6 nitrogen and oxygen atoms in total. The van der Waals surface area contributed by atoms with Crippen LogP contribution in [-0.4, -0.2) is 26.6 Å². The Hall–Kier alpha value is -2.63. The maximum atomic E-state index is 5.83. The summed E-state index contributed by atoms with van der Waals surface area (Å²) in [6, 6.07) is 10.3. The number of hydrogen-bond donors (Lipinski definition) is 1. The second-order valence-electron chi connectivity index (χ2n) is 4.13. The molecule has 2 heterocycles. The number of nitrogens with zero attached hydrogens (tertiary/aromatic N) is 4. The number of anilines is 1. The first-order valence-electron chi connectivity index (χ1n) is 5.84. The van der Waals surface area contributed by atoms with Crippen LogP contribution < -0.4 is 10.5 Å². The predicted octanol–water partition coefficient (Wildman–Crippen LogP) is 1.47. The first-order valence-corrected chi connectivity index (χ1v) is 5.84. The van der Waals surface area contributed by atoms with Gasteiger partial charge in [-0.05, 0) is 5.56 Å². The van der Waals surface area contributed by atoms with Crippen LogP contribution in [0.3, 0.4) is 0 Å². The van der Waals surface area contributed by atoms with Gasteiger partial charge in [-0.15, -0.1) is 0 Å². The Labute approximate surface area is 109 Å². The highest BCUT2D eigenvalue weighted by Gasteiger charge is 2.11. The molecule has 2 N–H and O–H groups in total. The Morgan fingerprint density at radius 2 is 2.00 bits per heavy atom. The summed E-state index contributed by atoms with van der Waals surface area (Å²) < 4.78 is 6.96. The Balaban J connectivity index is 2.07. The van der Waals surface area contributed by atoms with Crippen molar-refractivity contribution in [3.05, 3.63) is 42.2 Å². The van der Waals surface area contributed by atoms with Gasteiger partial charge in [0.25, 0.3) is 0 Å². The molecule has 6 heteroatoms. The van der Waals surface area contributed by atoms with Gasteiger partial charge in [0.05, 0.1) is 20.0 Å². The second kappa shape index (κ2) is 4.56. The summed E-state index contributed by atoms with van der Waals surface area (Å²) >= 11 is 0. The number of benzene rings is 1. The maximum absolute atomic E-state index is 5.83. The number of rotatable bonds is 3. The van der Waals surface area contributed by atoms with Crippen LogP contribution in [-0.2, 0) is 6.54 Å². The minimum atomic E-state index is 0.250. The quantitative estimate of drug-likeness (QED) is 0.766. The van der Waals surface area contributed by atoms with Gasteiger partial charge >= 0.3 is 6.01 Å². The van der Waals surface area contributed by atoms with Crippen molar-refractivity contribution in [2.75, 3.05) is 12.8 Å². The fraction of sp³-hybridized carbons (Fsp3) is 0.154. The molecule has 0 saturated heterocycles. The van der Waals surface area contributed by atoms with Crippen LogP contribution in [0.1, 0.15) is 5.56 Å². The lowest BCUT2D eigenvalue weighted by molar-refractivity contribution is 0.382. The van der Waals surface area contributed by atoms with Crippen LogP contribution in [0.15, 0.2) is 36.7 Å². The molecule has 0 aliphatic heterocycles. The SMILES string of the molecule is COc1nc(N)c2ncn(Cc3ccccc3)c2n1. The average Bonchev–Trinajstić information content (AvgIpc) is 2.83. The van der Waals surface area contributed by atoms with Crippen LogP contribution in [0, 0.1) is 0 Å². The molecule has 0 saturated carbocycles. The monoisotopic (exact) mass is 255 g/mol. The molecule has 0 aliphatic rings. The summed E-state index contributed by atoms with van der Waals surface area (Å²) in [6.07, 6.45) is 1.71. The molecule has 0 radical (unpaired) electrons. The molecular formula is C13H13N5O. The number of aromatic nitrogens is 4. The number of fused-ring (bicyclic) bond motifs is 1. The third-order valence-corrected chi connectivity index (χ3v) is 2.85. The van der Waals surface area contributed by atoms with E-state index in [1.165, 1.54) is 7.11 Å². The zero-order chi connectivity index (χ0) is 13.2. The molecule has 3 aromatic rings. The summed E-state index contributed by atoms with van der Waals surface area (Å²) in [7, 11) is 1.51. The average molecular weight is 255 g/mol. The molecule has 19 heavy (non-hydrogen) atoms. The van der Waals surface area contributed by atoms with Crippen molar-refractivity contribution >= 4 is 17.0 Å². The summed E-state index contributed by atoms with van der Waals surface area (Å²) in [4.78, 5) is 12.6. The van der Waals surface area contributed by atoms with Crippen molar-refractivity contribution in [1.29, 1.82) is 0 Å². The number of nitrogens with two attached hydrogens (primary N) is 1. The minimum Gasteiger partial charge on any atom is -0.467 e. The van der Waals surface area contributed by atoms with E-state index in [0.29, 0.717) is 23.5 Å². The van der Waals surface area contributed by atoms with Gasteiger partial charge in [0, 0.05) is 0 Å². The van der Waals surface area contributed by atoms with Crippen LogP contribution >= 0.6 is 0 Å². The highest BCUT2D eigenvalue weighted by atomic mass is 16.5. The second-order valence-corrected chi connectivity index (χ2v) is 4.13. The number of nitrogen functional groups attached to an aromatic ring is 1. The van der Waals surface area contributed by atoms with Gasteiger partial charge < -0.3 is 15.0 Å². The van der Waals surface area contributed by atoms with Crippen LogP contribution in [0.25, 0.3) is 11.2 Å². The van der Waals surface area contributed by atoms with E-state index in [0.717, 1.165) is 5.56 Å². The molecular weight excluding hydrogens is 242 g/mol. The summed E-state index contributed by atoms with van der Waals surface area (Å²) in [6.45, 7) is 0.678. The lowest BCUT2D eigenvalue weighted by atomic mass is 10.2. The van der Waals surface area contributed by atoms with Crippen LogP contribution in [0.4, 0.5) is 5.82 Å². The molecule has 0 amide bonds. The zero-order valence-electron chi connectivity index (χ0n) is 10.4. The summed E-state index contributed by atoms with van der Waals surface area (Å²) in [5.41, 5.74) is 8.27. The minimum absolute atomic E-state index is 0.250. The molecule has 1 aromatic carbocycles. The number of hydrogen-bond acceptors (Lipinski definition) is 5. The van der Waals surface area contributed by atoms with Crippen molar-refractivity contribution in [1.82, 2.24) is 19.5 Å². The number of imidazole rings is 1. The van der Waals surface area contributed by atoms with Gasteiger partial charge in [0.1, 0.15) is 0 Å². The van der Waals surface area contributed by atoms with Crippen molar-refractivity contribution in [3.8, 4) is 6.01 Å². The van der Waals surface area contributed by atoms with E-state index >= 15 is 0 Å². The normalized spacial score (nSPS) is 10.8. The van der Waals surface area contributed by atoms with Crippen LogP contribution in [0.5, 0.6) is 6.01 Å². The zero-order valence-corrected chi connectivity index (χ0v) is 10.4. The largest absolute Gasteiger partial charge is 0.467 e. The summed E-state index contributed by atoms with van der Waals surface area (Å²) in [5.74, 6) is 0.327. The lowest BCUT2D eigenvalue weighted by Gasteiger charge is -2.05. The van der Waals surface area contributed by atoms with E-state index in [4.69, 9.17) is 10.5 Å². The first kappa shape index (κ1) is 11.5. The highest BCUT2D eigenvalue weighted by Crippen LogP contribution is 2.19. The smallest absolute Gasteiger partial charge is 0.320 e. The molecule has 0 fully saturated rings. The van der Waals surface area contributed by atoms with Crippen molar-refractivity contribution in [3.63, 3.8) is 0 Å². The Morgan fingerprint density at radius 3 is 2.74 bits per heavy atom. The lowest BCUT2D eigenvalue weighted by Crippen LogP contribution is -2.03. The molecule has 0 unspecified atom stereocenters. The van der Waals surface area contributed by atoms with E-state index in [1.54, 1.807) is 6.33 Å². The van der Waals surface area contributed by atoms with E-state index in [9.17, 15) is 0 Å². The molecule has 0 bridgehead atoms. The standard InChI is InChI=1S/C13H13N5O/c1-19-13-16-11(14)10-12(17-13)18(8-15-10)7-9-5-3-2-4-6-9/h2-6,8H,7H2,1H3,(H2,14,16,17). The van der Waals surface area contributed by atoms with Gasteiger partial charge in [-0.3, -0.25) is 0 Å². The van der Waals surface area contributed by atoms with Gasteiger partial charge in [-0.1, -0.05) is 30.3 Å². The molecule has 0 atom stereocenters. The topological polar surface area (TPSA) is 78.9 Å². The van der Waals surface area contributed by atoms with E-state index in [2.05, 4.69) is 15.0 Å². The number of ether oxygens (including phenoxy) is 1. The van der Waals surface area contributed by atoms with Crippen LogP contribution in [0.2, 0.25) is 0 Å². The van der Waals surface area contributed by atoms with Crippen molar-refractivity contribution in [2.45, 2.75) is 6.54 Å². The molecule has 0 spiro atoms. The molecule has 2 aromatic heterocycles. The predicted molar refractivity (Wildman–Crippen MR) is 71.8 cm³/mol. The third kappa shape index (κ3) is 2.08. The fourth-order valence-corrected chi connectivity index (χ4v) is 1.93. The van der Waals surface area contributed by atoms with Gasteiger partial charge in [0.15, 0.2) is 17.0 Å². The molecule has 0 aliphatic carbocycles. The molecule has 96 valence electrons. The highest BCUT2D eigenvalue weighted by molar-refractivity contribution is 5.81. The Morgan fingerprint density at radius 1 is 1.21 bits per heavy atom. The maximum Gasteiger partial charge on any atom is 0.320 e. The van der Waals surface area contributed by atoms with Crippen molar-refractivity contribution < 1.29 is 4.74 Å². The third-order valence-electron chi connectivity index (χ3n) is 2.85. The first-order chi connectivity index (χ1) is 9.28. The number of methoxy groups -OCH3 is 1. The fourth-order valence-electron chi connectivity index (χ4n) is 1.93. The van der Waals surface area contributed by atoms with Gasteiger partial charge in [0.2, 0.25) is 0 Å². The Kier molecular flexibility index (Phi) is 2.75. The van der Waals surface area contributed by atoms with E-state index in [-0.39, 0.29) is 6.01 Å². The van der Waals surface area contributed by atoms with E-state index in [1.807, 2.05) is 34.9 Å². The van der Waals surface area contributed by atoms with Gasteiger partial charge in [-0.2, -0.15) is 9.97 Å².